The van der Waals surface area contributed by atoms with Crippen LogP contribution in [0.15, 0.2) is 29.8 Å². The molecule has 3 aliphatic carbocycles. The molecular formula is C31H45N3O5. The minimum Gasteiger partial charge on any atom is -0.493 e. The lowest BCUT2D eigenvalue weighted by molar-refractivity contribution is -0.142. The van der Waals surface area contributed by atoms with Crippen molar-refractivity contribution >= 4 is 17.7 Å². The second-order valence-corrected chi connectivity index (χ2v) is 12.0. The van der Waals surface area contributed by atoms with E-state index in [1.165, 1.54) is 23.3 Å². The predicted molar refractivity (Wildman–Crippen MR) is 150 cm³/mol. The normalized spacial score (nSPS) is 23.5. The molecule has 8 heteroatoms. The van der Waals surface area contributed by atoms with Gasteiger partial charge in [0, 0.05) is 46.4 Å². The summed E-state index contributed by atoms with van der Waals surface area (Å²) in [5.74, 6) is 2.32. The first-order valence-corrected chi connectivity index (χ1v) is 14.4. The van der Waals surface area contributed by atoms with Crippen molar-refractivity contribution in [2.45, 2.75) is 77.8 Å². The Labute approximate surface area is 233 Å². The van der Waals surface area contributed by atoms with Gasteiger partial charge in [-0.25, -0.2) is 0 Å². The van der Waals surface area contributed by atoms with Gasteiger partial charge in [-0.3, -0.25) is 14.4 Å². The van der Waals surface area contributed by atoms with Crippen LogP contribution in [0.1, 0.15) is 70.8 Å². The number of rotatable bonds is 11. The minimum absolute atomic E-state index is 0.0630. The maximum absolute atomic E-state index is 13.3. The van der Waals surface area contributed by atoms with E-state index in [1.807, 2.05) is 18.2 Å². The average Bonchev–Trinajstić information content (AvgIpc) is 3.14. The standard InChI is InChI=1S/C31H45N3O5/c1-31(2)23-11-10-22(24(31)19-23)15-17-39-26-12-9-21(18-27(26)38-5)20-34(25-8-6-7-16-32-30(25)37)29(36)14-13-28(35)33(3)4/h9-10,12,18,23-25H,6-8,11,13-17,19-20H2,1-5H3,(H,32,37)/t23-,24-,25-/m0/s1. The topological polar surface area (TPSA) is 88.2 Å². The summed E-state index contributed by atoms with van der Waals surface area (Å²) in [6.45, 7) is 6.23. The van der Waals surface area contributed by atoms with Crippen LogP contribution in [0.2, 0.25) is 0 Å². The number of methoxy groups -OCH3 is 1. The largest absolute Gasteiger partial charge is 0.493 e. The van der Waals surface area contributed by atoms with Crippen LogP contribution in [0.25, 0.3) is 0 Å². The summed E-state index contributed by atoms with van der Waals surface area (Å²) < 4.78 is 11.8. The van der Waals surface area contributed by atoms with Crippen LogP contribution >= 0.6 is 0 Å². The molecule has 0 radical (unpaired) electrons. The lowest BCUT2D eigenvalue weighted by Gasteiger charge is -2.56. The molecule has 0 aromatic heterocycles. The quantitative estimate of drug-likeness (QED) is 0.423. The van der Waals surface area contributed by atoms with E-state index in [0.29, 0.717) is 42.4 Å². The fourth-order valence-corrected chi connectivity index (χ4v) is 6.34. The van der Waals surface area contributed by atoms with E-state index in [4.69, 9.17) is 9.47 Å². The van der Waals surface area contributed by atoms with Gasteiger partial charge in [0.05, 0.1) is 13.7 Å². The summed E-state index contributed by atoms with van der Waals surface area (Å²) >= 11 is 0. The van der Waals surface area contributed by atoms with Crippen LogP contribution < -0.4 is 14.8 Å². The summed E-state index contributed by atoms with van der Waals surface area (Å²) in [6.07, 6.45) is 8.32. The number of ether oxygens (including phenoxy) is 2. The molecule has 5 rings (SSSR count). The van der Waals surface area contributed by atoms with E-state index in [0.717, 1.165) is 30.7 Å². The molecule has 1 heterocycles. The Morgan fingerprint density at radius 1 is 1.10 bits per heavy atom. The molecular weight excluding hydrogens is 494 g/mol. The van der Waals surface area contributed by atoms with Crippen molar-refractivity contribution in [2.75, 3.05) is 34.4 Å². The first kappa shape index (κ1) is 29.0. The smallest absolute Gasteiger partial charge is 0.242 e. The summed E-state index contributed by atoms with van der Waals surface area (Å²) in [5.41, 5.74) is 2.77. The molecule has 4 aliphatic rings. The predicted octanol–water partition coefficient (Wildman–Crippen LogP) is 4.32. The third kappa shape index (κ3) is 6.59. The molecule has 1 aromatic rings. The van der Waals surface area contributed by atoms with Crippen molar-refractivity contribution in [3.63, 3.8) is 0 Å². The van der Waals surface area contributed by atoms with Crippen LogP contribution in [-0.2, 0) is 20.9 Å². The van der Waals surface area contributed by atoms with Crippen LogP contribution in [0.4, 0.5) is 0 Å². The van der Waals surface area contributed by atoms with Gasteiger partial charge in [0.25, 0.3) is 0 Å². The van der Waals surface area contributed by atoms with Gasteiger partial charge < -0.3 is 24.6 Å². The van der Waals surface area contributed by atoms with Crippen LogP contribution in [0, 0.1) is 17.3 Å². The van der Waals surface area contributed by atoms with Crippen LogP contribution in [0.5, 0.6) is 11.5 Å². The highest BCUT2D eigenvalue weighted by molar-refractivity contribution is 5.89. The van der Waals surface area contributed by atoms with Gasteiger partial charge in [-0.2, -0.15) is 0 Å². The number of nitrogens with zero attached hydrogens (tertiary/aromatic N) is 2. The first-order valence-electron chi connectivity index (χ1n) is 14.4. The maximum atomic E-state index is 13.3. The monoisotopic (exact) mass is 539 g/mol. The number of carbonyl (C=O) groups excluding carboxylic acids is 3. The number of fused-ring (bicyclic) bond motifs is 1. The molecule has 2 bridgehead atoms. The number of amides is 3. The summed E-state index contributed by atoms with van der Waals surface area (Å²) in [4.78, 5) is 41.4. The Morgan fingerprint density at radius 2 is 1.87 bits per heavy atom. The molecule has 1 aromatic carbocycles. The highest BCUT2D eigenvalue weighted by Crippen LogP contribution is 2.59. The second-order valence-electron chi connectivity index (χ2n) is 12.0. The Hall–Kier alpha value is -3.03. The molecule has 3 atom stereocenters. The fraction of sp³-hybridized carbons (Fsp3) is 0.645. The number of carbonyl (C=O) groups is 3. The van der Waals surface area contributed by atoms with E-state index in [-0.39, 0.29) is 37.1 Å². The lowest BCUT2D eigenvalue weighted by Crippen LogP contribution is -2.48. The van der Waals surface area contributed by atoms with Gasteiger partial charge in [0.1, 0.15) is 6.04 Å². The highest BCUT2D eigenvalue weighted by atomic mass is 16.5. The molecule has 8 nitrogen and oxygen atoms in total. The maximum Gasteiger partial charge on any atom is 0.242 e. The van der Waals surface area contributed by atoms with Crippen molar-refractivity contribution in [1.29, 1.82) is 0 Å². The zero-order valence-electron chi connectivity index (χ0n) is 24.3. The number of hydrogen-bond donors (Lipinski definition) is 1. The Bertz CT molecular complexity index is 1100. The zero-order chi connectivity index (χ0) is 28.2. The van der Waals surface area contributed by atoms with Gasteiger partial charge in [-0.1, -0.05) is 31.6 Å². The molecule has 0 unspecified atom stereocenters. The number of benzene rings is 1. The zero-order valence-corrected chi connectivity index (χ0v) is 24.3. The Balaban J connectivity index is 1.43. The highest BCUT2D eigenvalue weighted by Gasteiger charge is 2.50. The molecule has 0 spiro atoms. The molecule has 1 N–H and O–H groups in total. The van der Waals surface area contributed by atoms with Gasteiger partial charge in [0.2, 0.25) is 17.7 Å². The molecule has 39 heavy (non-hydrogen) atoms. The fourth-order valence-electron chi connectivity index (χ4n) is 6.34. The average molecular weight is 540 g/mol. The molecule has 1 saturated carbocycles. The van der Waals surface area contributed by atoms with Crippen molar-refractivity contribution in [1.82, 2.24) is 15.1 Å². The van der Waals surface area contributed by atoms with Gasteiger partial charge >= 0.3 is 0 Å². The summed E-state index contributed by atoms with van der Waals surface area (Å²) in [6, 6.07) is 5.14. The van der Waals surface area contributed by atoms with Gasteiger partial charge in [-0.15, -0.1) is 0 Å². The van der Waals surface area contributed by atoms with E-state index in [1.54, 1.807) is 26.1 Å². The molecule has 1 saturated heterocycles. The van der Waals surface area contributed by atoms with Crippen LogP contribution in [-0.4, -0.2) is 67.9 Å². The number of allylic oxidation sites excluding steroid dienone is 1. The molecule has 1 aliphatic heterocycles. The van der Waals surface area contributed by atoms with Crippen molar-refractivity contribution in [2.24, 2.45) is 17.3 Å². The summed E-state index contributed by atoms with van der Waals surface area (Å²) in [5, 5.41) is 2.93. The van der Waals surface area contributed by atoms with E-state index in [2.05, 4.69) is 25.2 Å². The third-order valence-corrected chi connectivity index (χ3v) is 9.07. The summed E-state index contributed by atoms with van der Waals surface area (Å²) in [7, 11) is 4.96. The second kappa shape index (κ2) is 12.4. The van der Waals surface area contributed by atoms with E-state index in [9.17, 15) is 14.4 Å². The molecule has 2 fully saturated rings. The Kier molecular flexibility index (Phi) is 9.23. The lowest BCUT2D eigenvalue weighted by atomic mass is 9.48. The molecule has 214 valence electrons. The third-order valence-electron chi connectivity index (χ3n) is 9.07. The van der Waals surface area contributed by atoms with Crippen molar-refractivity contribution in [3.05, 3.63) is 35.4 Å². The van der Waals surface area contributed by atoms with Crippen LogP contribution in [0.3, 0.4) is 0 Å². The SMILES string of the molecule is COc1cc(CN(C(=O)CCC(=O)N(C)C)[C@H]2CCCCNC2=O)ccc1OCCC1=CC[C@H]2C[C@@H]1C2(C)C. The number of nitrogens with one attached hydrogen (secondary N) is 1. The van der Waals surface area contributed by atoms with Crippen molar-refractivity contribution < 1.29 is 23.9 Å². The first-order chi connectivity index (χ1) is 18.6. The van der Waals surface area contributed by atoms with E-state index >= 15 is 0 Å². The Morgan fingerprint density at radius 3 is 2.56 bits per heavy atom. The number of hydrogen-bond acceptors (Lipinski definition) is 5. The minimum atomic E-state index is -0.560. The molecule has 3 amide bonds. The van der Waals surface area contributed by atoms with Gasteiger partial charge in [0.15, 0.2) is 11.5 Å². The van der Waals surface area contributed by atoms with E-state index < -0.39 is 6.04 Å². The van der Waals surface area contributed by atoms with Gasteiger partial charge in [-0.05, 0) is 67.1 Å². The van der Waals surface area contributed by atoms with Crippen molar-refractivity contribution in [3.8, 4) is 11.5 Å².